The van der Waals surface area contributed by atoms with Crippen molar-refractivity contribution in [1.82, 2.24) is 9.97 Å². The van der Waals surface area contributed by atoms with Crippen LogP contribution in [-0.4, -0.2) is 16.5 Å². The summed E-state index contributed by atoms with van der Waals surface area (Å²) in [5, 5.41) is 11.0. The van der Waals surface area contributed by atoms with Crippen molar-refractivity contribution in [3.05, 3.63) is 33.8 Å². The molecule has 0 aliphatic carbocycles. The molecule has 0 amide bonds. The molecule has 5 heteroatoms. The maximum Gasteiger partial charge on any atom is 0.135 e. The van der Waals surface area contributed by atoms with Gasteiger partial charge in [0, 0.05) is 24.6 Å². The van der Waals surface area contributed by atoms with Crippen LogP contribution in [0.3, 0.4) is 0 Å². The van der Waals surface area contributed by atoms with Crippen LogP contribution in [0, 0.1) is 6.92 Å². The zero-order chi connectivity index (χ0) is 14.5. The first kappa shape index (κ1) is 14.8. The lowest BCUT2D eigenvalue weighted by atomic mass is 10.2. The Balaban J connectivity index is 2.25. The summed E-state index contributed by atoms with van der Waals surface area (Å²) in [6, 6.07) is 2.13. The van der Waals surface area contributed by atoms with Crippen LogP contribution in [0.4, 0.5) is 11.6 Å². The predicted molar refractivity (Wildman–Crippen MR) is 86.7 cm³/mol. The van der Waals surface area contributed by atoms with E-state index in [1.807, 2.05) is 0 Å². The second kappa shape index (κ2) is 6.70. The Labute approximate surface area is 124 Å². The number of rotatable bonds is 6. The predicted octanol–water partition coefficient (Wildman–Crippen LogP) is 4.01. The standard InChI is InChI=1S/C15H22N4S/c1-5-16-14-11(4)15(19-13(18-14)10(2)3)17-8-12-6-7-20-9-12/h6-7,9-10H,5,8H2,1-4H3,(H2,16,17,18,19). The summed E-state index contributed by atoms with van der Waals surface area (Å²) in [5.74, 6) is 3.04. The Bertz CT molecular complexity index is 549. The molecule has 2 rings (SSSR count). The van der Waals surface area contributed by atoms with Crippen LogP contribution in [0.25, 0.3) is 0 Å². The fourth-order valence-corrected chi connectivity index (χ4v) is 2.55. The van der Waals surface area contributed by atoms with Crippen LogP contribution in [0.15, 0.2) is 16.8 Å². The molecule has 0 saturated carbocycles. The molecule has 20 heavy (non-hydrogen) atoms. The first-order valence-corrected chi connectivity index (χ1v) is 7.93. The second-order valence-corrected chi connectivity index (χ2v) is 5.85. The van der Waals surface area contributed by atoms with Crippen molar-refractivity contribution in [3.8, 4) is 0 Å². The Hall–Kier alpha value is -1.62. The highest BCUT2D eigenvalue weighted by Crippen LogP contribution is 2.23. The van der Waals surface area contributed by atoms with Crippen LogP contribution in [0.2, 0.25) is 0 Å². The molecule has 0 bridgehead atoms. The van der Waals surface area contributed by atoms with Crippen molar-refractivity contribution in [2.45, 2.75) is 40.2 Å². The third-order valence-corrected chi connectivity index (χ3v) is 3.80. The van der Waals surface area contributed by atoms with Gasteiger partial charge in [-0.25, -0.2) is 9.97 Å². The molecular weight excluding hydrogens is 268 g/mol. The zero-order valence-electron chi connectivity index (χ0n) is 12.5. The van der Waals surface area contributed by atoms with Gasteiger partial charge in [-0.3, -0.25) is 0 Å². The van der Waals surface area contributed by atoms with Crippen molar-refractivity contribution in [1.29, 1.82) is 0 Å². The Morgan fingerprint density at radius 1 is 1.20 bits per heavy atom. The lowest BCUT2D eigenvalue weighted by molar-refractivity contribution is 0.772. The number of hydrogen-bond donors (Lipinski definition) is 2. The molecule has 0 radical (unpaired) electrons. The molecule has 0 atom stereocenters. The van der Waals surface area contributed by atoms with Crippen molar-refractivity contribution in [2.75, 3.05) is 17.2 Å². The van der Waals surface area contributed by atoms with Crippen molar-refractivity contribution in [3.63, 3.8) is 0 Å². The molecule has 0 saturated heterocycles. The topological polar surface area (TPSA) is 49.8 Å². The Kier molecular flexibility index (Phi) is 4.95. The van der Waals surface area contributed by atoms with Gasteiger partial charge in [-0.15, -0.1) is 0 Å². The van der Waals surface area contributed by atoms with Crippen molar-refractivity contribution in [2.24, 2.45) is 0 Å². The van der Waals surface area contributed by atoms with E-state index in [1.165, 1.54) is 5.56 Å². The highest BCUT2D eigenvalue weighted by atomic mass is 32.1. The minimum atomic E-state index is 0.315. The fraction of sp³-hybridized carbons (Fsp3) is 0.467. The SMILES string of the molecule is CCNc1nc(C(C)C)nc(NCc2ccsc2)c1C. The van der Waals surface area contributed by atoms with Crippen LogP contribution in [0.1, 0.15) is 43.6 Å². The van der Waals surface area contributed by atoms with E-state index in [9.17, 15) is 0 Å². The van der Waals surface area contributed by atoms with Crippen LogP contribution in [-0.2, 0) is 6.54 Å². The van der Waals surface area contributed by atoms with Gasteiger partial charge in [-0.2, -0.15) is 11.3 Å². The molecular formula is C15H22N4S. The lowest BCUT2D eigenvalue weighted by Crippen LogP contribution is -2.11. The zero-order valence-corrected chi connectivity index (χ0v) is 13.3. The van der Waals surface area contributed by atoms with E-state index in [4.69, 9.17) is 0 Å². The number of nitrogens with one attached hydrogen (secondary N) is 2. The molecule has 0 unspecified atom stereocenters. The summed E-state index contributed by atoms with van der Waals surface area (Å²) < 4.78 is 0. The first-order valence-electron chi connectivity index (χ1n) is 6.99. The maximum atomic E-state index is 4.66. The highest BCUT2D eigenvalue weighted by Gasteiger charge is 2.12. The normalized spacial score (nSPS) is 10.8. The summed E-state index contributed by atoms with van der Waals surface area (Å²) in [6.07, 6.45) is 0. The average Bonchev–Trinajstić information content (AvgIpc) is 2.92. The van der Waals surface area contributed by atoms with E-state index >= 15 is 0 Å². The molecule has 0 aliphatic heterocycles. The molecule has 0 spiro atoms. The largest absolute Gasteiger partial charge is 0.370 e. The average molecular weight is 290 g/mol. The monoisotopic (exact) mass is 290 g/mol. The van der Waals surface area contributed by atoms with E-state index in [0.717, 1.165) is 36.1 Å². The third kappa shape index (κ3) is 3.48. The van der Waals surface area contributed by atoms with E-state index in [2.05, 4.69) is 65.1 Å². The quantitative estimate of drug-likeness (QED) is 0.844. The smallest absolute Gasteiger partial charge is 0.135 e. The summed E-state index contributed by atoms with van der Waals surface area (Å²) in [6.45, 7) is 10.0. The molecule has 2 N–H and O–H groups in total. The number of aromatic nitrogens is 2. The minimum Gasteiger partial charge on any atom is -0.370 e. The van der Waals surface area contributed by atoms with Crippen LogP contribution < -0.4 is 10.6 Å². The Morgan fingerprint density at radius 2 is 1.90 bits per heavy atom. The van der Waals surface area contributed by atoms with Crippen LogP contribution in [0.5, 0.6) is 0 Å². The van der Waals surface area contributed by atoms with Gasteiger partial charge in [0.15, 0.2) is 0 Å². The highest BCUT2D eigenvalue weighted by molar-refractivity contribution is 7.07. The summed E-state index contributed by atoms with van der Waals surface area (Å²) in [5.41, 5.74) is 2.36. The number of nitrogens with zero attached hydrogens (tertiary/aromatic N) is 2. The van der Waals surface area contributed by atoms with Gasteiger partial charge in [0.05, 0.1) is 0 Å². The number of anilines is 2. The first-order chi connectivity index (χ1) is 9.61. The van der Waals surface area contributed by atoms with Crippen molar-refractivity contribution < 1.29 is 0 Å². The van der Waals surface area contributed by atoms with E-state index in [-0.39, 0.29) is 0 Å². The molecule has 108 valence electrons. The van der Waals surface area contributed by atoms with Gasteiger partial charge in [0.25, 0.3) is 0 Å². The third-order valence-electron chi connectivity index (χ3n) is 3.06. The maximum absolute atomic E-state index is 4.66. The van der Waals surface area contributed by atoms with E-state index < -0.39 is 0 Å². The fourth-order valence-electron chi connectivity index (χ4n) is 1.88. The van der Waals surface area contributed by atoms with Gasteiger partial charge >= 0.3 is 0 Å². The van der Waals surface area contributed by atoms with Gasteiger partial charge in [-0.1, -0.05) is 13.8 Å². The number of thiophene rings is 1. The van der Waals surface area contributed by atoms with Gasteiger partial charge in [-0.05, 0) is 36.2 Å². The Morgan fingerprint density at radius 3 is 2.45 bits per heavy atom. The molecule has 0 aromatic carbocycles. The molecule has 4 nitrogen and oxygen atoms in total. The molecule has 0 aliphatic rings. The van der Waals surface area contributed by atoms with E-state index in [1.54, 1.807) is 11.3 Å². The summed E-state index contributed by atoms with van der Waals surface area (Å²) in [4.78, 5) is 9.26. The molecule has 2 aromatic rings. The second-order valence-electron chi connectivity index (χ2n) is 5.07. The van der Waals surface area contributed by atoms with Crippen molar-refractivity contribution >= 4 is 23.0 Å². The molecule has 2 aromatic heterocycles. The molecule has 0 fully saturated rings. The minimum absolute atomic E-state index is 0.315. The summed E-state index contributed by atoms with van der Waals surface area (Å²) in [7, 11) is 0. The summed E-state index contributed by atoms with van der Waals surface area (Å²) >= 11 is 1.71. The number of hydrogen-bond acceptors (Lipinski definition) is 5. The van der Waals surface area contributed by atoms with Crippen LogP contribution >= 0.6 is 11.3 Å². The van der Waals surface area contributed by atoms with E-state index in [0.29, 0.717) is 5.92 Å². The van der Waals surface area contributed by atoms with Gasteiger partial charge in [0.2, 0.25) is 0 Å². The van der Waals surface area contributed by atoms with Gasteiger partial charge < -0.3 is 10.6 Å². The lowest BCUT2D eigenvalue weighted by Gasteiger charge is -2.15. The van der Waals surface area contributed by atoms with Gasteiger partial charge in [0.1, 0.15) is 17.5 Å². The molecule has 2 heterocycles.